The number of ether oxygens (including phenoxy) is 2. The van der Waals surface area contributed by atoms with Crippen LogP contribution >= 0.6 is 0 Å². The summed E-state index contributed by atoms with van der Waals surface area (Å²) in [6.07, 6.45) is -1.28. The Hall–Kier alpha value is -10.0. The Morgan fingerprint density at radius 2 is 0.826 bits per heavy atom. The molecule has 0 saturated heterocycles. The highest BCUT2D eigenvalue weighted by molar-refractivity contribution is 5.83. The monoisotopic (exact) mass is 1200 g/mol. The molecule has 86 heavy (non-hydrogen) atoms. The smallest absolute Gasteiger partial charge is 0.471 e. The van der Waals surface area contributed by atoms with Gasteiger partial charge in [-0.15, -0.1) is 11.8 Å². The number of hydrogen-bond donors (Lipinski definition) is 5. The Morgan fingerprint density at radius 1 is 0.512 bits per heavy atom. The summed E-state index contributed by atoms with van der Waals surface area (Å²) in [4.78, 5) is 32.9. The molecule has 0 radical (unpaired) electrons. The molecule has 4 aromatic heterocycles. The quantitative estimate of drug-likeness (QED) is 0.0480. The number of phenolic OH excluding ortho intramolecular Hbond substituents is 1. The minimum absolute atomic E-state index is 0.0359. The van der Waals surface area contributed by atoms with Gasteiger partial charge in [-0.05, 0) is 143 Å². The van der Waals surface area contributed by atoms with Gasteiger partial charge in [-0.3, -0.25) is 14.4 Å². The lowest BCUT2D eigenvalue weighted by Crippen LogP contribution is -2.38. The Balaban J connectivity index is 0.000000210. The minimum Gasteiger partial charge on any atom is -0.506 e. The lowest BCUT2D eigenvalue weighted by molar-refractivity contribution is -0.174. The van der Waals surface area contributed by atoms with Crippen LogP contribution in [0.5, 0.6) is 17.2 Å². The summed E-state index contributed by atoms with van der Waals surface area (Å²) < 4.78 is 128. The molecule has 0 aliphatic rings. The molecule has 0 aliphatic heterocycles. The normalized spacial score (nSPS) is 12.4. The fraction of sp³-hybridized carbons (Fsp3) is 0.271. The first-order valence-corrected chi connectivity index (χ1v) is 25.8. The van der Waals surface area contributed by atoms with Gasteiger partial charge < -0.3 is 36.3 Å². The number of hydrogen-bond acceptors (Lipinski definition) is 11. The molecule has 18 nitrogen and oxygen atoms in total. The summed E-state index contributed by atoms with van der Waals surface area (Å²) in [6.45, 7) is 12.1. The lowest BCUT2D eigenvalue weighted by Gasteiger charge is -2.18. The molecular formula is C59H59F9N12O6. The molecule has 4 aromatic carbocycles. The molecule has 3 amide bonds. The largest absolute Gasteiger partial charge is 0.506 e. The molecule has 0 unspecified atom stereocenters. The summed E-state index contributed by atoms with van der Waals surface area (Å²) in [5.74, 6) is 6.17. The zero-order chi connectivity index (χ0) is 63.4. The van der Waals surface area contributed by atoms with Crippen LogP contribution in [0.3, 0.4) is 0 Å². The Morgan fingerprint density at radius 3 is 1.15 bits per heavy atom. The first-order chi connectivity index (χ1) is 40.6. The van der Waals surface area contributed by atoms with E-state index in [1.165, 1.54) is 49.8 Å². The Bertz CT molecular complexity index is 3490. The van der Waals surface area contributed by atoms with Crippen LogP contribution in [0.15, 0.2) is 147 Å². The van der Waals surface area contributed by atoms with Gasteiger partial charge in [0.25, 0.3) is 0 Å². The molecule has 27 heteroatoms. The van der Waals surface area contributed by atoms with Crippen LogP contribution in [0, 0.1) is 30.6 Å². The second-order valence-electron chi connectivity index (χ2n) is 18.3. The Labute approximate surface area is 488 Å². The number of nitrogens with zero attached hydrogens (tertiary/aromatic N) is 8. The summed E-state index contributed by atoms with van der Waals surface area (Å²) in [7, 11) is 0. The van der Waals surface area contributed by atoms with Crippen LogP contribution in [0.2, 0.25) is 0 Å². The third-order valence-electron chi connectivity index (χ3n) is 12.0. The van der Waals surface area contributed by atoms with Gasteiger partial charge in [0.2, 0.25) is 0 Å². The van der Waals surface area contributed by atoms with Crippen molar-refractivity contribution in [3.63, 3.8) is 0 Å². The fourth-order valence-corrected chi connectivity index (χ4v) is 7.54. The van der Waals surface area contributed by atoms with Crippen molar-refractivity contribution in [2.75, 3.05) is 13.2 Å². The van der Waals surface area contributed by atoms with Gasteiger partial charge in [-0.25, -0.2) is 18.7 Å². The zero-order valence-electron chi connectivity index (χ0n) is 47.1. The standard InChI is InChI=1S/C17H16F3N3O2.C15H17N3O.C14H14F3N3O.C13H12F3N3O2/c1-3-4-10-25-15-11-13(12(2)22-16(24)17(18,19)20)6-7-14(15)23-9-5-8-21-23;1-3-4-10-19-15-11-13(12(2)16)6-7-14(15)18-9-5-8-17-18;1-9-8-11(10(2)19-13(21)14(15,16)17)4-5-12(9)20-7-3-6-18-20;1-8(18-12(21)13(14,15)16)9-3-4-10(11(20)7-9)19-6-2-5-17-19/h5-9,11-12H,10H2,1-2H3,(H,22,24);5-9,11-12H,10,16H2,1-2H3;3-8,10H,1-2H3,(H,19,21);2-8,20H,1H3,(H,18,21)/t2*12-;10-;8-/m1111/s1. The maximum absolute atomic E-state index is 12.4. The van der Waals surface area contributed by atoms with E-state index in [2.05, 4.69) is 44.1 Å². The average molecular weight is 1200 g/mol. The van der Waals surface area contributed by atoms with Crippen molar-refractivity contribution < 1.29 is 68.5 Å². The summed E-state index contributed by atoms with van der Waals surface area (Å²) >= 11 is 0. The van der Waals surface area contributed by atoms with E-state index in [9.17, 15) is 59.0 Å². The number of alkyl halides is 9. The second-order valence-corrected chi connectivity index (χ2v) is 18.3. The van der Waals surface area contributed by atoms with Crippen molar-refractivity contribution in [2.45, 2.75) is 91.2 Å². The summed E-state index contributed by atoms with van der Waals surface area (Å²) in [5.41, 5.74) is 11.9. The minimum atomic E-state index is -4.94. The molecule has 8 rings (SSSR count). The number of phenols is 1. The first kappa shape index (κ1) is 66.8. The van der Waals surface area contributed by atoms with Crippen molar-refractivity contribution in [1.82, 2.24) is 55.1 Å². The number of nitrogens with one attached hydrogen (secondary N) is 3. The van der Waals surface area contributed by atoms with E-state index >= 15 is 0 Å². The SMILES string of the molecule is CC#CCOc1cc([C@@H](C)N)ccc1-n1cccn1.CC#CCOc1cc([C@@H](C)NC(=O)C(F)(F)F)ccc1-n1cccn1.C[C@@H](NC(=O)C(F)(F)F)c1ccc(-n2cccn2)c(O)c1.Cc1cc([C@@H](C)NC(=O)C(F)(F)F)ccc1-n1cccn1. The molecule has 4 heterocycles. The van der Waals surface area contributed by atoms with Gasteiger partial charge in [-0.1, -0.05) is 42.2 Å². The highest BCUT2D eigenvalue weighted by atomic mass is 19.4. The number of aromatic nitrogens is 8. The summed E-state index contributed by atoms with van der Waals surface area (Å²) in [5, 5.41) is 31.9. The maximum Gasteiger partial charge on any atom is 0.471 e. The van der Waals surface area contributed by atoms with E-state index < -0.39 is 54.4 Å². The third-order valence-corrected chi connectivity index (χ3v) is 12.0. The van der Waals surface area contributed by atoms with Crippen LogP contribution in [0.25, 0.3) is 22.7 Å². The van der Waals surface area contributed by atoms with Crippen LogP contribution < -0.4 is 31.2 Å². The molecule has 0 saturated carbocycles. The number of halogens is 9. The topological polar surface area (TPSA) is 223 Å². The van der Waals surface area contributed by atoms with Crippen LogP contribution in [-0.4, -0.2) is 93.7 Å². The molecule has 454 valence electrons. The molecule has 0 bridgehead atoms. The first-order valence-electron chi connectivity index (χ1n) is 25.8. The third kappa shape index (κ3) is 19.5. The van der Waals surface area contributed by atoms with E-state index in [1.54, 1.807) is 120 Å². The molecule has 0 fully saturated rings. The van der Waals surface area contributed by atoms with Gasteiger partial charge in [0, 0.05) is 55.6 Å². The number of rotatable bonds is 15. The number of nitrogens with two attached hydrogens (primary N) is 1. The van der Waals surface area contributed by atoms with Gasteiger partial charge >= 0.3 is 36.3 Å². The molecule has 0 aliphatic carbocycles. The molecule has 6 N–H and O–H groups in total. The molecular weight excluding hydrogens is 1140 g/mol. The van der Waals surface area contributed by atoms with Crippen molar-refractivity contribution in [3.8, 4) is 63.7 Å². The Kier molecular flexibility index (Phi) is 23.7. The number of amides is 3. The van der Waals surface area contributed by atoms with E-state index in [-0.39, 0.29) is 18.4 Å². The fourth-order valence-electron chi connectivity index (χ4n) is 7.54. The second kappa shape index (κ2) is 30.5. The van der Waals surface area contributed by atoms with E-state index in [0.29, 0.717) is 40.4 Å². The van der Waals surface area contributed by atoms with E-state index in [4.69, 9.17) is 15.2 Å². The lowest BCUT2D eigenvalue weighted by atomic mass is 10.0. The highest BCUT2D eigenvalue weighted by Crippen LogP contribution is 2.30. The number of benzene rings is 4. The number of aromatic hydroxyl groups is 1. The van der Waals surface area contributed by atoms with Crippen molar-refractivity contribution in [1.29, 1.82) is 0 Å². The van der Waals surface area contributed by atoms with Gasteiger partial charge in [0.15, 0.2) is 0 Å². The number of carbonyl (C=O) groups is 3. The predicted molar refractivity (Wildman–Crippen MR) is 299 cm³/mol. The van der Waals surface area contributed by atoms with Crippen LogP contribution in [-0.2, 0) is 14.4 Å². The number of aryl methyl sites for hydroxylation is 1. The van der Waals surface area contributed by atoms with Gasteiger partial charge in [-0.2, -0.15) is 59.9 Å². The van der Waals surface area contributed by atoms with Crippen molar-refractivity contribution in [2.24, 2.45) is 5.73 Å². The average Bonchev–Trinajstić information content (AvgIpc) is 2.56. The molecule has 8 aromatic rings. The van der Waals surface area contributed by atoms with E-state index in [1.807, 2.05) is 60.3 Å². The maximum atomic E-state index is 12.4. The molecule has 0 spiro atoms. The highest BCUT2D eigenvalue weighted by Gasteiger charge is 2.41. The zero-order valence-corrected chi connectivity index (χ0v) is 47.1. The van der Waals surface area contributed by atoms with Crippen LogP contribution in [0.1, 0.15) is 93.5 Å². The number of carbonyl (C=O) groups excluding carboxylic acids is 3. The predicted octanol–water partition coefficient (Wildman–Crippen LogP) is 10.5. The van der Waals surface area contributed by atoms with Gasteiger partial charge in [0.05, 0.1) is 23.8 Å². The van der Waals surface area contributed by atoms with E-state index in [0.717, 1.165) is 28.3 Å². The molecule has 4 atom stereocenters. The summed E-state index contributed by atoms with van der Waals surface area (Å²) in [6, 6.07) is 24.7. The van der Waals surface area contributed by atoms with Crippen LogP contribution in [0.4, 0.5) is 39.5 Å². The van der Waals surface area contributed by atoms with Crippen molar-refractivity contribution >= 4 is 17.7 Å². The van der Waals surface area contributed by atoms with Crippen molar-refractivity contribution in [3.05, 3.63) is 174 Å². The van der Waals surface area contributed by atoms with Gasteiger partial charge in [0.1, 0.15) is 47.5 Å².